The number of carbonyl (C=O) groups excluding carboxylic acids is 1. The second-order valence-corrected chi connectivity index (χ2v) is 6.15. The first-order valence-corrected chi connectivity index (χ1v) is 8.70. The van der Waals surface area contributed by atoms with Gasteiger partial charge in [-0.05, 0) is 42.7 Å². The molecular formula is C20H17F3N4O2. The number of carbonyl (C=O) groups is 1. The van der Waals surface area contributed by atoms with Crippen molar-refractivity contribution < 1.29 is 22.7 Å². The summed E-state index contributed by atoms with van der Waals surface area (Å²) < 4.78 is 41.5. The number of anilines is 1. The first kappa shape index (κ1) is 20.2. The maximum absolute atomic E-state index is 12.5. The SMILES string of the molecule is CCc1ccc(OC(F)(F)F)cc1-c1cnc(NC(=O)c2cnccc2C)cn1. The number of pyridine rings is 1. The number of hydrogen-bond donors (Lipinski definition) is 1. The Bertz CT molecular complexity index is 1020. The Balaban J connectivity index is 1.83. The van der Waals surface area contributed by atoms with E-state index in [4.69, 9.17) is 0 Å². The van der Waals surface area contributed by atoms with Crippen LogP contribution in [0.15, 0.2) is 49.1 Å². The number of benzene rings is 1. The van der Waals surface area contributed by atoms with Gasteiger partial charge in [0, 0.05) is 18.0 Å². The van der Waals surface area contributed by atoms with Crippen molar-refractivity contribution in [3.63, 3.8) is 0 Å². The smallest absolute Gasteiger partial charge is 0.406 e. The summed E-state index contributed by atoms with van der Waals surface area (Å²) in [6.07, 6.45) is 1.57. The third-order valence-electron chi connectivity index (χ3n) is 4.15. The van der Waals surface area contributed by atoms with Crippen LogP contribution < -0.4 is 10.1 Å². The van der Waals surface area contributed by atoms with E-state index in [0.29, 0.717) is 23.2 Å². The van der Waals surface area contributed by atoms with Crippen molar-refractivity contribution in [2.75, 3.05) is 5.32 Å². The highest BCUT2D eigenvalue weighted by atomic mass is 19.4. The molecule has 0 radical (unpaired) electrons. The first-order chi connectivity index (χ1) is 13.8. The van der Waals surface area contributed by atoms with Gasteiger partial charge in [-0.3, -0.25) is 14.8 Å². The van der Waals surface area contributed by atoms with Gasteiger partial charge in [0.2, 0.25) is 0 Å². The highest BCUT2D eigenvalue weighted by molar-refractivity contribution is 6.04. The highest BCUT2D eigenvalue weighted by Crippen LogP contribution is 2.30. The van der Waals surface area contributed by atoms with Crippen LogP contribution in [0.2, 0.25) is 0 Å². The van der Waals surface area contributed by atoms with E-state index in [9.17, 15) is 18.0 Å². The zero-order valence-corrected chi connectivity index (χ0v) is 15.6. The van der Waals surface area contributed by atoms with Gasteiger partial charge in [-0.15, -0.1) is 13.2 Å². The normalized spacial score (nSPS) is 11.2. The number of ether oxygens (including phenoxy) is 1. The third kappa shape index (κ3) is 5.07. The van der Waals surface area contributed by atoms with E-state index in [1.165, 1.54) is 30.7 Å². The highest BCUT2D eigenvalue weighted by Gasteiger charge is 2.31. The molecule has 1 amide bonds. The molecule has 2 aromatic heterocycles. The summed E-state index contributed by atoms with van der Waals surface area (Å²) in [5, 5.41) is 2.62. The van der Waals surface area contributed by atoms with E-state index in [0.717, 1.165) is 11.1 Å². The Morgan fingerprint density at radius 3 is 2.55 bits per heavy atom. The Hall–Kier alpha value is -3.49. The summed E-state index contributed by atoms with van der Waals surface area (Å²) >= 11 is 0. The number of rotatable bonds is 5. The quantitative estimate of drug-likeness (QED) is 0.677. The Morgan fingerprint density at radius 1 is 1.14 bits per heavy atom. The molecule has 0 saturated heterocycles. The molecule has 3 rings (SSSR count). The van der Waals surface area contributed by atoms with E-state index in [-0.39, 0.29) is 17.5 Å². The predicted octanol–water partition coefficient (Wildman–Crippen LogP) is 4.56. The number of aryl methyl sites for hydroxylation is 2. The fourth-order valence-electron chi connectivity index (χ4n) is 2.72. The van der Waals surface area contributed by atoms with Crippen molar-refractivity contribution in [3.05, 3.63) is 65.7 Å². The molecule has 0 fully saturated rings. The van der Waals surface area contributed by atoms with E-state index in [1.807, 2.05) is 6.92 Å². The van der Waals surface area contributed by atoms with Crippen molar-refractivity contribution >= 4 is 11.7 Å². The fourth-order valence-corrected chi connectivity index (χ4v) is 2.72. The van der Waals surface area contributed by atoms with Crippen LogP contribution in [0.5, 0.6) is 5.75 Å². The molecular weight excluding hydrogens is 385 g/mol. The van der Waals surface area contributed by atoms with Crippen LogP contribution in [-0.2, 0) is 6.42 Å². The molecule has 2 heterocycles. The number of alkyl halides is 3. The summed E-state index contributed by atoms with van der Waals surface area (Å²) in [6, 6.07) is 5.80. The van der Waals surface area contributed by atoms with Gasteiger partial charge in [0.25, 0.3) is 5.91 Å². The second kappa shape index (κ2) is 8.26. The van der Waals surface area contributed by atoms with Crippen molar-refractivity contribution in [2.45, 2.75) is 26.6 Å². The molecule has 1 N–H and O–H groups in total. The Labute approximate surface area is 164 Å². The number of hydrogen-bond acceptors (Lipinski definition) is 5. The molecule has 0 aliphatic heterocycles. The van der Waals surface area contributed by atoms with E-state index < -0.39 is 6.36 Å². The van der Waals surface area contributed by atoms with Crippen LogP contribution in [-0.4, -0.2) is 27.2 Å². The zero-order valence-electron chi connectivity index (χ0n) is 15.6. The summed E-state index contributed by atoms with van der Waals surface area (Å²) in [5.41, 5.74) is 2.80. The summed E-state index contributed by atoms with van der Waals surface area (Å²) in [4.78, 5) is 24.6. The number of aromatic nitrogens is 3. The van der Waals surface area contributed by atoms with Gasteiger partial charge in [-0.1, -0.05) is 13.0 Å². The maximum Gasteiger partial charge on any atom is 0.573 e. The van der Waals surface area contributed by atoms with Crippen LogP contribution >= 0.6 is 0 Å². The number of nitrogens with zero attached hydrogens (tertiary/aromatic N) is 3. The Morgan fingerprint density at radius 2 is 1.93 bits per heavy atom. The lowest BCUT2D eigenvalue weighted by Gasteiger charge is -2.13. The minimum atomic E-state index is -4.78. The van der Waals surface area contributed by atoms with Gasteiger partial charge < -0.3 is 10.1 Å². The number of halogens is 3. The van der Waals surface area contributed by atoms with Crippen LogP contribution in [0.3, 0.4) is 0 Å². The zero-order chi connectivity index (χ0) is 21.0. The van der Waals surface area contributed by atoms with Gasteiger partial charge in [-0.2, -0.15) is 0 Å². The molecule has 29 heavy (non-hydrogen) atoms. The Kier molecular flexibility index (Phi) is 5.76. The van der Waals surface area contributed by atoms with E-state index >= 15 is 0 Å². The average Bonchev–Trinajstić information content (AvgIpc) is 2.67. The molecule has 0 aliphatic carbocycles. The fraction of sp³-hybridized carbons (Fsp3) is 0.200. The van der Waals surface area contributed by atoms with Crippen LogP contribution in [0, 0.1) is 6.92 Å². The van der Waals surface area contributed by atoms with Gasteiger partial charge in [0.1, 0.15) is 5.75 Å². The first-order valence-electron chi connectivity index (χ1n) is 8.70. The van der Waals surface area contributed by atoms with E-state index in [2.05, 4.69) is 25.0 Å². The molecule has 1 aromatic carbocycles. The number of nitrogens with one attached hydrogen (secondary N) is 1. The summed E-state index contributed by atoms with van der Waals surface area (Å²) in [6.45, 7) is 3.66. The summed E-state index contributed by atoms with van der Waals surface area (Å²) in [5.74, 6) is -0.508. The van der Waals surface area contributed by atoms with Crippen LogP contribution in [0.4, 0.5) is 19.0 Å². The van der Waals surface area contributed by atoms with Crippen LogP contribution in [0.1, 0.15) is 28.4 Å². The van der Waals surface area contributed by atoms with E-state index in [1.54, 1.807) is 25.3 Å². The van der Waals surface area contributed by atoms with Gasteiger partial charge in [0.15, 0.2) is 5.82 Å². The van der Waals surface area contributed by atoms with Crippen molar-refractivity contribution in [1.82, 2.24) is 15.0 Å². The lowest BCUT2D eigenvalue weighted by molar-refractivity contribution is -0.274. The minimum Gasteiger partial charge on any atom is -0.406 e. The van der Waals surface area contributed by atoms with Gasteiger partial charge in [-0.25, -0.2) is 4.98 Å². The lowest BCUT2D eigenvalue weighted by Crippen LogP contribution is -2.17. The molecule has 6 nitrogen and oxygen atoms in total. The van der Waals surface area contributed by atoms with Gasteiger partial charge >= 0.3 is 6.36 Å². The topological polar surface area (TPSA) is 77.0 Å². The van der Waals surface area contributed by atoms with Gasteiger partial charge in [0.05, 0.1) is 23.7 Å². The standard InChI is InChI=1S/C20H17F3N4O2/c1-3-13-4-5-14(29-20(21,22)23)8-15(13)17-10-26-18(11-25-17)27-19(28)16-9-24-7-6-12(16)2/h4-11H,3H2,1-2H3,(H,26,27,28). The predicted molar refractivity (Wildman–Crippen MR) is 100 cm³/mol. The molecule has 0 bridgehead atoms. The van der Waals surface area contributed by atoms with Crippen molar-refractivity contribution in [3.8, 4) is 17.0 Å². The third-order valence-corrected chi connectivity index (χ3v) is 4.15. The minimum absolute atomic E-state index is 0.211. The molecule has 150 valence electrons. The maximum atomic E-state index is 12.5. The van der Waals surface area contributed by atoms with Crippen LogP contribution in [0.25, 0.3) is 11.3 Å². The molecule has 0 saturated carbocycles. The lowest BCUT2D eigenvalue weighted by atomic mass is 10.0. The van der Waals surface area contributed by atoms with Crippen molar-refractivity contribution in [2.24, 2.45) is 0 Å². The average molecular weight is 402 g/mol. The molecule has 9 heteroatoms. The molecule has 0 spiro atoms. The molecule has 0 aliphatic rings. The van der Waals surface area contributed by atoms with Crippen molar-refractivity contribution in [1.29, 1.82) is 0 Å². The second-order valence-electron chi connectivity index (χ2n) is 6.15. The number of amides is 1. The summed E-state index contributed by atoms with van der Waals surface area (Å²) in [7, 11) is 0. The monoisotopic (exact) mass is 402 g/mol. The molecule has 0 atom stereocenters. The largest absolute Gasteiger partial charge is 0.573 e. The molecule has 3 aromatic rings. The molecule has 0 unspecified atom stereocenters.